The van der Waals surface area contributed by atoms with Crippen LogP contribution in [0.3, 0.4) is 0 Å². The number of aryl methyl sites for hydroxylation is 1. The highest BCUT2D eigenvalue weighted by atomic mass is 16.5. The number of amides is 2. The largest absolute Gasteiger partial charge is 0.382 e. The highest BCUT2D eigenvalue weighted by Crippen LogP contribution is 2.30. The zero-order chi connectivity index (χ0) is 16.5. The Morgan fingerprint density at radius 2 is 2.04 bits per heavy atom. The van der Waals surface area contributed by atoms with E-state index in [9.17, 15) is 4.79 Å². The molecular weight excluding hydrogens is 288 g/mol. The Labute approximate surface area is 140 Å². The molecule has 1 unspecified atom stereocenters. The molecule has 1 fully saturated rings. The Bertz CT molecular complexity index is 473. The Balaban J connectivity index is 1.97. The standard InChI is InChI=1S/C19H30N2O2/c1-3-23-15-7-13-20-19(22)21-14-6-4-5-8-18(21)17-11-9-16(2)10-12-17/h9-12,18H,3-8,13-15H2,1-2H3,(H,20,22). The second kappa shape index (κ2) is 9.56. The van der Waals surface area contributed by atoms with Crippen LogP contribution in [-0.2, 0) is 4.74 Å². The van der Waals surface area contributed by atoms with Crippen LogP contribution in [0.25, 0.3) is 0 Å². The lowest BCUT2D eigenvalue weighted by atomic mass is 10.00. The van der Waals surface area contributed by atoms with Crippen molar-refractivity contribution in [1.82, 2.24) is 10.2 Å². The first-order valence-electron chi connectivity index (χ1n) is 8.91. The van der Waals surface area contributed by atoms with Crippen molar-refractivity contribution in [2.24, 2.45) is 0 Å². The van der Waals surface area contributed by atoms with Gasteiger partial charge in [-0.3, -0.25) is 0 Å². The zero-order valence-electron chi connectivity index (χ0n) is 14.5. The number of nitrogens with zero attached hydrogens (tertiary/aromatic N) is 1. The molecule has 2 rings (SSSR count). The van der Waals surface area contributed by atoms with Gasteiger partial charge in [0.15, 0.2) is 0 Å². The molecule has 0 spiro atoms. The van der Waals surface area contributed by atoms with Gasteiger partial charge in [-0.05, 0) is 38.7 Å². The summed E-state index contributed by atoms with van der Waals surface area (Å²) in [5.74, 6) is 0. The Hall–Kier alpha value is -1.55. The fourth-order valence-corrected chi connectivity index (χ4v) is 3.10. The SMILES string of the molecule is CCOCCCNC(=O)N1CCCCCC1c1ccc(C)cc1. The number of rotatable bonds is 6. The Morgan fingerprint density at radius 3 is 2.78 bits per heavy atom. The predicted molar refractivity (Wildman–Crippen MR) is 93.6 cm³/mol. The Morgan fingerprint density at radius 1 is 1.26 bits per heavy atom. The molecule has 1 aliphatic heterocycles. The minimum atomic E-state index is 0.0639. The third kappa shape index (κ3) is 5.54. The highest BCUT2D eigenvalue weighted by molar-refractivity contribution is 5.74. The first-order valence-corrected chi connectivity index (χ1v) is 8.91. The lowest BCUT2D eigenvalue weighted by molar-refractivity contribution is 0.142. The van der Waals surface area contributed by atoms with Gasteiger partial charge in [-0.25, -0.2) is 4.79 Å². The molecule has 23 heavy (non-hydrogen) atoms. The van der Waals surface area contributed by atoms with E-state index in [2.05, 4.69) is 36.5 Å². The monoisotopic (exact) mass is 318 g/mol. The van der Waals surface area contributed by atoms with Gasteiger partial charge in [-0.15, -0.1) is 0 Å². The van der Waals surface area contributed by atoms with E-state index in [1.54, 1.807) is 0 Å². The van der Waals surface area contributed by atoms with Crippen LogP contribution in [0.5, 0.6) is 0 Å². The molecule has 4 heteroatoms. The summed E-state index contributed by atoms with van der Waals surface area (Å²) >= 11 is 0. The normalized spacial score (nSPS) is 18.5. The molecule has 0 aliphatic carbocycles. The summed E-state index contributed by atoms with van der Waals surface area (Å²) in [4.78, 5) is 14.6. The molecule has 1 aromatic rings. The fraction of sp³-hybridized carbons (Fsp3) is 0.632. The molecule has 0 aromatic heterocycles. The van der Waals surface area contributed by atoms with Crippen LogP contribution < -0.4 is 5.32 Å². The van der Waals surface area contributed by atoms with E-state index < -0.39 is 0 Å². The topological polar surface area (TPSA) is 41.6 Å². The van der Waals surface area contributed by atoms with Crippen molar-refractivity contribution < 1.29 is 9.53 Å². The summed E-state index contributed by atoms with van der Waals surface area (Å²) in [7, 11) is 0. The van der Waals surface area contributed by atoms with Gasteiger partial charge in [0.2, 0.25) is 0 Å². The van der Waals surface area contributed by atoms with Gasteiger partial charge < -0.3 is 15.0 Å². The summed E-state index contributed by atoms with van der Waals surface area (Å²) in [6, 6.07) is 8.87. The summed E-state index contributed by atoms with van der Waals surface area (Å²) in [5.41, 5.74) is 2.51. The third-order valence-corrected chi connectivity index (χ3v) is 4.42. The zero-order valence-corrected chi connectivity index (χ0v) is 14.5. The maximum absolute atomic E-state index is 12.6. The molecule has 0 saturated carbocycles. The van der Waals surface area contributed by atoms with Crippen LogP contribution in [0.4, 0.5) is 4.79 Å². The van der Waals surface area contributed by atoms with Crippen molar-refractivity contribution in [2.45, 2.75) is 52.0 Å². The molecule has 1 saturated heterocycles. The molecule has 1 N–H and O–H groups in total. The lowest BCUT2D eigenvalue weighted by Gasteiger charge is -2.30. The fourth-order valence-electron chi connectivity index (χ4n) is 3.10. The van der Waals surface area contributed by atoms with Crippen LogP contribution in [0.15, 0.2) is 24.3 Å². The molecule has 4 nitrogen and oxygen atoms in total. The number of hydrogen-bond acceptors (Lipinski definition) is 2. The Kier molecular flexibility index (Phi) is 7.40. The smallest absolute Gasteiger partial charge is 0.317 e. The summed E-state index contributed by atoms with van der Waals surface area (Å²) in [6.07, 6.45) is 5.40. The number of benzene rings is 1. The van der Waals surface area contributed by atoms with Crippen molar-refractivity contribution in [3.05, 3.63) is 35.4 Å². The maximum atomic E-state index is 12.6. The van der Waals surface area contributed by atoms with Crippen molar-refractivity contribution in [3.63, 3.8) is 0 Å². The van der Waals surface area contributed by atoms with Crippen LogP contribution in [0.2, 0.25) is 0 Å². The molecule has 0 bridgehead atoms. The highest BCUT2D eigenvalue weighted by Gasteiger charge is 2.26. The molecule has 1 aliphatic rings. The van der Waals surface area contributed by atoms with Gasteiger partial charge in [0.05, 0.1) is 6.04 Å². The predicted octanol–water partition coefficient (Wildman–Crippen LogP) is 4.05. The van der Waals surface area contributed by atoms with E-state index in [4.69, 9.17) is 4.74 Å². The number of carbonyl (C=O) groups is 1. The third-order valence-electron chi connectivity index (χ3n) is 4.42. The van der Waals surface area contributed by atoms with E-state index >= 15 is 0 Å². The second-order valence-electron chi connectivity index (χ2n) is 6.25. The van der Waals surface area contributed by atoms with Crippen molar-refractivity contribution >= 4 is 6.03 Å². The molecular formula is C19H30N2O2. The van der Waals surface area contributed by atoms with Crippen molar-refractivity contribution in [3.8, 4) is 0 Å². The van der Waals surface area contributed by atoms with Gasteiger partial charge >= 0.3 is 6.03 Å². The average Bonchev–Trinajstić information content (AvgIpc) is 2.81. The van der Waals surface area contributed by atoms with E-state index in [-0.39, 0.29) is 12.1 Å². The quantitative estimate of drug-likeness (QED) is 0.804. The van der Waals surface area contributed by atoms with E-state index in [0.29, 0.717) is 13.2 Å². The van der Waals surface area contributed by atoms with E-state index in [1.165, 1.54) is 24.0 Å². The minimum Gasteiger partial charge on any atom is -0.382 e. The number of nitrogens with one attached hydrogen (secondary N) is 1. The van der Waals surface area contributed by atoms with E-state index in [0.717, 1.165) is 32.4 Å². The number of likely N-dealkylation sites (tertiary alicyclic amines) is 1. The van der Waals surface area contributed by atoms with Gasteiger partial charge in [-0.2, -0.15) is 0 Å². The first kappa shape index (κ1) is 17.8. The summed E-state index contributed by atoms with van der Waals surface area (Å²) in [6.45, 7) is 7.04. The number of hydrogen-bond donors (Lipinski definition) is 1. The summed E-state index contributed by atoms with van der Waals surface area (Å²) in [5, 5.41) is 3.06. The average molecular weight is 318 g/mol. The first-order chi connectivity index (χ1) is 11.2. The van der Waals surface area contributed by atoms with Gasteiger partial charge in [0.25, 0.3) is 0 Å². The molecule has 128 valence electrons. The number of ether oxygens (including phenoxy) is 1. The second-order valence-corrected chi connectivity index (χ2v) is 6.25. The number of urea groups is 1. The van der Waals surface area contributed by atoms with Crippen LogP contribution in [0, 0.1) is 6.92 Å². The van der Waals surface area contributed by atoms with Crippen molar-refractivity contribution in [1.29, 1.82) is 0 Å². The van der Waals surface area contributed by atoms with Crippen LogP contribution >= 0.6 is 0 Å². The molecule has 1 heterocycles. The minimum absolute atomic E-state index is 0.0639. The van der Waals surface area contributed by atoms with Crippen LogP contribution in [-0.4, -0.2) is 37.2 Å². The molecule has 2 amide bonds. The van der Waals surface area contributed by atoms with Crippen LogP contribution in [0.1, 0.15) is 56.2 Å². The van der Waals surface area contributed by atoms with E-state index in [1.807, 2.05) is 11.8 Å². The maximum Gasteiger partial charge on any atom is 0.317 e. The van der Waals surface area contributed by atoms with Gasteiger partial charge in [-0.1, -0.05) is 42.7 Å². The lowest BCUT2D eigenvalue weighted by Crippen LogP contribution is -2.42. The number of carbonyl (C=O) groups excluding carboxylic acids is 1. The molecule has 1 aromatic carbocycles. The molecule has 0 radical (unpaired) electrons. The molecule has 1 atom stereocenters. The van der Waals surface area contributed by atoms with Gasteiger partial charge in [0.1, 0.15) is 0 Å². The van der Waals surface area contributed by atoms with Gasteiger partial charge in [0, 0.05) is 26.3 Å². The summed E-state index contributed by atoms with van der Waals surface area (Å²) < 4.78 is 5.32. The van der Waals surface area contributed by atoms with Crippen molar-refractivity contribution in [2.75, 3.05) is 26.3 Å².